The van der Waals surface area contributed by atoms with Crippen LogP contribution in [0.2, 0.25) is 0 Å². The van der Waals surface area contributed by atoms with E-state index in [0.29, 0.717) is 6.54 Å². The van der Waals surface area contributed by atoms with Crippen molar-refractivity contribution >= 4 is 23.4 Å². The van der Waals surface area contributed by atoms with Crippen LogP contribution in [0.4, 0.5) is 5.69 Å². The number of amides is 3. The Bertz CT molecular complexity index is 834. The van der Waals surface area contributed by atoms with Gasteiger partial charge in [0.2, 0.25) is 17.7 Å². The number of rotatable bonds is 3. The molecule has 4 rings (SSSR count). The number of carbonyl (C=O) groups is 3. The van der Waals surface area contributed by atoms with E-state index in [1.165, 1.54) is 4.90 Å². The SMILES string of the molecule is CCCCN1C(=O)[C@@H]2C(C)NC3(C(=O)Nc4c3ccc(C)c4C)[C@@H]2C1=O. The van der Waals surface area contributed by atoms with Crippen LogP contribution in [-0.4, -0.2) is 35.2 Å². The van der Waals surface area contributed by atoms with E-state index >= 15 is 0 Å². The lowest BCUT2D eigenvalue weighted by Gasteiger charge is -2.29. The number of carbonyl (C=O) groups excluding carboxylic acids is 3. The number of benzene rings is 1. The van der Waals surface area contributed by atoms with Crippen molar-refractivity contribution in [3.05, 3.63) is 28.8 Å². The van der Waals surface area contributed by atoms with Gasteiger partial charge in [0, 0.05) is 23.8 Å². The lowest BCUT2D eigenvalue weighted by molar-refractivity contribution is -0.142. The molecular weight excluding hydrogens is 330 g/mol. The molecule has 0 bridgehead atoms. The maximum atomic E-state index is 13.2. The predicted octanol–water partition coefficient (Wildman–Crippen LogP) is 1.84. The molecule has 1 aromatic carbocycles. The number of unbranched alkanes of at least 4 members (excludes halogenated alkanes) is 1. The molecule has 1 spiro atoms. The van der Waals surface area contributed by atoms with Gasteiger partial charge in [0.05, 0.1) is 11.8 Å². The number of likely N-dealkylation sites (tertiary alicyclic amines) is 1. The number of nitrogens with zero attached hydrogens (tertiary/aromatic N) is 1. The van der Waals surface area contributed by atoms with Crippen LogP contribution in [0.15, 0.2) is 12.1 Å². The first-order valence-electron chi connectivity index (χ1n) is 9.39. The van der Waals surface area contributed by atoms with Crippen molar-refractivity contribution in [2.75, 3.05) is 11.9 Å². The van der Waals surface area contributed by atoms with Crippen LogP contribution >= 0.6 is 0 Å². The molecule has 3 aliphatic rings. The topological polar surface area (TPSA) is 78.5 Å². The van der Waals surface area contributed by atoms with Crippen molar-refractivity contribution < 1.29 is 14.4 Å². The van der Waals surface area contributed by atoms with E-state index in [-0.39, 0.29) is 23.8 Å². The zero-order chi connectivity index (χ0) is 18.8. The largest absolute Gasteiger partial charge is 0.324 e. The molecule has 3 aliphatic heterocycles. The van der Waals surface area contributed by atoms with Crippen molar-refractivity contribution in [2.45, 2.75) is 52.1 Å². The maximum absolute atomic E-state index is 13.2. The smallest absolute Gasteiger partial charge is 0.250 e. The van der Waals surface area contributed by atoms with Gasteiger partial charge in [0.15, 0.2) is 0 Å². The van der Waals surface area contributed by atoms with Gasteiger partial charge in [-0.25, -0.2) is 0 Å². The molecule has 6 heteroatoms. The Morgan fingerprint density at radius 1 is 1.15 bits per heavy atom. The van der Waals surface area contributed by atoms with Gasteiger partial charge in [0.25, 0.3) is 0 Å². The van der Waals surface area contributed by atoms with Crippen LogP contribution in [0.3, 0.4) is 0 Å². The van der Waals surface area contributed by atoms with E-state index in [4.69, 9.17) is 0 Å². The second-order valence-electron chi connectivity index (χ2n) is 7.81. The fraction of sp³-hybridized carbons (Fsp3) is 0.550. The average Bonchev–Trinajstić information content (AvgIpc) is 3.16. The van der Waals surface area contributed by atoms with E-state index in [1.54, 1.807) is 0 Å². The molecule has 2 saturated heterocycles. The molecule has 2 fully saturated rings. The highest BCUT2D eigenvalue weighted by Crippen LogP contribution is 2.53. The second kappa shape index (κ2) is 5.64. The molecular formula is C20H25N3O3. The van der Waals surface area contributed by atoms with Crippen LogP contribution in [-0.2, 0) is 19.9 Å². The summed E-state index contributed by atoms with van der Waals surface area (Å²) in [5.74, 6) is -1.75. The van der Waals surface area contributed by atoms with Crippen molar-refractivity contribution in [1.82, 2.24) is 10.2 Å². The lowest BCUT2D eigenvalue weighted by Crippen LogP contribution is -2.52. The van der Waals surface area contributed by atoms with E-state index in [1.807, 2.05) is 39.8 Å². The normalized spacial score (nSPS) is 32.4. The first kappa shape index (κ1) is 17.2. The molecule has 6 nitrogen and oxygen atoms in total. The molecule has 2 N–H and O–H groups in total. The maximum Gasteiger partial charge on any atom is 0.250 e. The Morgan fingerprint density at radius 3 is 2.58 bits per heavy atom. The third-order valence-electron chi connectivity index (χ3n) is 6.40. The van der Waals surface area contributed by atoms with Gasteiger partial charge in [-0.3, -0.25) is 24.6 Å². The molecule has 0 aliphatic carbocycles. The predicted molar refractivity (Wildman–Crippen MR) is 97.4 cm³/mol. The molecule has 1 aromatic rings. The van der Waals surface area contributed by atoms with Crippen LogP contribution in [0.25, 0.3) is 0 Å². The molecule has 26 heavy (non-hydrogen) atoms. The standard InChI is InChI=1S/C20H25N3O3/c1-5-6-9-23-17(24)14-12(4)22-20(15(14)18(23)25)13-8-7-10(2)11(3)16(13)21-19(20)26/h7-8,12,14-15,22H,5-6,9H2,1-4H3,(H,21,26)/t12?,14-,15+,20?/m1/s1. The van der Waals surface area contributed by atoms with Crippen LogP contribution < -0.4 is 10.6 Å². The highest BCUT2D eigenvalue weighted by molar-refractivity contribution is 6.15. The van der Waals surface area contributed by atoms with E-state index in [2.05, 4.69) is 10.6 Å². The Hall–Kier alpha value is -2.21. The quantitative estimate of drug-likeness (QED) is 0.811. The minimum absolute atomic E-state index is 0.143. The number of imide groups is 1. The number of anilines is 1. The minimum atomic E-state index is -1.15. The fourth-order valence-electron chi connectivity index (χ4n) is 4.88. The molecule has 2 unspecified atom stereocenters. The minimum Gasteiger partial charge on any atom is -0.324 e. The molecule has 0 saturated carbocycles. The number of aryl methyl sites for hydroxylation is 1. The van der Waals surface area contributed by atoms with Gasteiger partial charge in [-0.1, -0.05) is 25.5 Å². The fourth-order valence-corrected chi connectivity index (χ4v) is 4.88. The van der Waals surface area contributed by atoms with E-state index in [9.17, 15) is 14.4 Å². The number of hydrogen-bond acceptors (Lipinski definition) is 4. The average molecular weight is 355 g/mol. The third kappa shape index (κ3) is 1.93. The Kier molecular flexibility index (Phi) is 3.74. The van der Waals surface area contributed by atoms with Crippen LogP contribution in [0, 0.1) is 25.7 Å². The zero-order valence-corrected chi connectivity index (χ0v) is 15.7. The summed E-state index contributed by atoms with van der Waals surface area (Å²) < 4.78 is 0. The van der Waals surface area contributed by atoms with Crippen molar-refractivity contribution in [3.63, 3.8) is 0 Å². The van der Waals surface area contributed by atoms with Gasteiger partial charge in [-0.2, -0.15) is 0 Å². The first-order chi connectivity index (χ1) is 12.3. The van der Waals surface area contributed by atoms with Gasteiger partial charge < -0.3 is 5.32 Å². The van der Waals surface area contributed by atoms with E-state index < -0.39 is 17.4 Å². The van der Waals surface area contributed by atoms with Crippen molar-refractivity contribution in [1.29, 1.82) is 0 Å². The van der Waals surface area contributed by atoms with Crippen LogP contribution in [0.5, 0.6) is 0 Å². The first-order valence-corrected chi connectivity index (χ1v) is 9.39. The Balaban J connectivity index is 1.85. The summed E-state index contributed by atoms with van der Waals surface area (Å²) >= 11 is 0. The molecule has 4 atom stereocenters. The Labute approximate surface area is 153 Å². The number of fused-ring (bicyclic) bond motifs is 4. The molecule has 3 heterocycles. The highest BCUT2D eigenvalue weighted by atomic mass is 16.2. The summed E-state index contributed by atoms with van der Waals surface area (Å²) in [6, 6.07) is 3.66. The number of nitrogens with one attached hydrogen (secondary N) is 2. The monoisotopic (exact) mass is 355 g/mol. The molecule has 138 valence electrons. The molecule has 0 aromatic heterocycles. The summed E-state index contributed by atoms with van der Waals surface area (Å²) in [7, 11) is 0. The summed E-state index contributed by atoms with van der Waals surface area (Å²) in [6.07, 6.45) is 1.69. The lowest BCUT2D eigenvalue weighted by atomic mass is 9.76. The van der Waals surface area contributed by atoms with Crippen molar-refractivity contribution in [3.8, 4) is 0 Å². The third-order valence-corrected chi connectivity index (χ3v) is 6.40. The van der Waals surface area contributed by atoms with Crippen LogP contribution in [0.1, 0.15) is 43.4 Å². The molecule has 3 amide bonds. The van der Waals surface area contributed by atoms with E-state index in [0.717, 1.165) is 35.2 Å². The highest BCUT2D eigenvalue weighted by Gasteiger charge is 2.69. The van der Waals surface area contributed by atoms with Gasteiger partial charge in [0.1, 0.15) is 5.54 Å². The second-order valence-corrected chi connectivity index (χ2v) is 7.81. The summed E-state index contributed by atoms with van der Waals surface area (Å²) in [5.41, 5.74) is 2.52. The summed E-state index contributed by atoms with van der Waals surface area (Å²) in [5, 5.41) is 6.32. The summed E-state index contributed by atoms with van der Waals surface area (Å²) in [4.78, 5) is 40.6. The zero-order valence-electron chi connectivity index (χ0n) is 15.7. The van der Waals surface area contributed by atoms with Gasteiger partial charge in [-0.15, -0.1) is 0 Å². The van der Waals surface area contributed by atoms with Crippen molar-refractivity contribution in [2.24, 2.45) is 11.8 Å². The summed E-state index contributed by atoms with van der Waals surface area (Å²) in [6.45, 7) is 8.33. The number of hydrogen-bond donors (Lipinski definition) is 2. The van der Waals surface area contributed by atoms with Gasteiger partial charge in [-0.05, 0) is 38.3 Å². The Morgan fingerprint density at radius 2 is 1.88 bits per heavy atom. The molecule has 0 radical (unpaired) electrons. The van der Waals surface area contributed by atoms with Gasteiger partial charge >= 0.3 is 0 Å².